The molecule has 3 saturated carbocycles. The van der Waals surface area contributed by atoms with Crippen molar-refractivity contribution < 1.29 is 4.74 Å². The van der Waals surface area contributed by atoms with Gasteiger partial charge >= 0.3 is 0 Å². The van der Waals surface area contributed by atoms with Crippen LogP contribution in [0.4, 0.5) is 0 Å². The average molecular weight is 629 g/mol. The second-order valence-corrected chi connectivity index (χ2v) is 17.8. The zero-order valence-corrected chi connectivity index (χ0v) is 32.1. The van der Waals surface area contributed by atoms with Gasteiger partial charge in [0.25, 0.3) is 0 Å². The quantitative estimate of drug-likeness (QED) is 0.260. The molecule has 3 fully saturated rings. The minimum absolute atomic E-state index is 0.343. The van der Waals surface area contributed by atoms with Gasteiger partial charge in [-0.2, -0.15) is 0 Å². The van der Waals surface area contributed by atoms with Crippen LogP contribution in [0.25, 0.3) is 0 Å². The summed E-state index contributed by atoms with van der Waals surface area (Å²) in [5.74, 6) is 5.75. The van der Waals surface area contributed by atoms with Crippen molar-refractivity contribution in [3.05, 3.63) is 0 Å². The lowest BCUT2D eigenvalue weighted by atomic mass is 9.57. The van der Waals surface area contributed by atoms with Crippen molar-refractivity contribution in [2.45, 2.75) is 221 Å². The molecule has 0 aromatic carbocycles. The lowest BCUT2D eigenvalue weighted by Gasteiger charge is -2.50. The van der Waals surface area contributed by atoms with Gasteiger partial charge in [-0.05, 0) is 78.4 Å². The predicted molar refractivity (Wildman–Crippen MR) is 200 cm³/mol. The minimum atomic E-state index is 0.343. The topological polar surface area (TPSA) is 9.23 Å². The van der Waals surface area contributed by atoms with Crippen LogP contribution in [0.3, 0.4) is 0 Å². The van der Waals surface area contributed by atoms with Crippen molar-refractivity contribution in [2.75, 3.05) is 13.7 Å². The first kappa shape index (κ1) is 39.4. The molecule has 0 aromatic rings. The molecule has 0 heterocycles. The van der Waals surface area contributed by atoms with Crippen LogP contribution in [0.1, 0.15) is 221 Å². The SMILES string of the molecule is CCCC(C)(CC)C1(COC)CCCCCC(C)CC(C)C(C2CCCCCCC2)CCCC(C2CCCCCCC2)CCC1. The van der Waals surface area contributed by atoms with Crippen LogP contribution in [0.15, 0.2) is 0 Å². The highest BCUT2D eigenvalue weighted by atomic mass is 16.5. The van der Waals surface area contributed by atoms with E-state index in [0.29, 0.717) is 10.8 Å². The number of hydrogen-bond acceptors (Lipinski definition) is 1. The monoisotopic (exact) mass is 629 g/mol. The molecule has 6 atom stereocenters. The van der Waals surface area contributed by atoms with Crippen molar-refractivity contribution >= 4 is 0 Å². The van der Waals surface area contributed by atoms with E-state index in [-0.39, 0.29) is 0 Å². The van der Waals surface area contributed by atoms with Crippen LogP contribution in [-0.4, -0.2) is 13.7 Å². The third-order valence-corrected chi connectivity index (χ3v) is 14.6. The average Bonchev–Trinajstić information content (AvgIpc) is 2.98. The zero-order valence-electron chi connectivity index (χ0n) is 32.1. The van der Waals surface area contributed by atoms with E-state index in [9.17, 15) is 0 Å². The summed E-state index contributed by atoms with van der Waals surface area (Å²) in [6, 6.07) is 0. The molecule has 1 nitrogen and oxygen atoms in total. The molecule has 0 aromatic heterocycles. The molecule has 266 valence electrons. The number of ether oxygens (including phenoxy) is 1. The Balaban J connectivity index is 1.85. The smallest absolute Gasteiger partial charge is 0.0523 e. The van der Waals surface area contributed by atoms with Crippen molar-refractivity contribution in [1.82, 2.24) is 0 Å². The molecular formula is C44H84O. The minimum Gasteiger partial charge on any atom is -0.384 e. The van der Waals surface area contributed by atoms with Crippen molar-refractivity contribution in [2.24, 2.45) is 46.3 Å². The van der Waals surface area contributed by atoms with Gasteiger partial charge in [-0.1, -0.05) is 189 Å². The highest BCUT2D eigenvalue weighted by Crippen LogP contribution is 2.53. The van der Waals surface area contributed by atoms with Gasteiger partial charge in [-0.25, -0.2) is 0 Å². The lowest BCUT2D eigenvalue weighted by Crippen LogP contribution is -2.43. The third-order valence-electron chi connectivity index (χ3n) is 14.6. The Morgan fingerprint density at radius 2 is 1.07 bits per heavy atom. The molecule has 0 aliphatic heterocycles. The standard InChI is InChI=1S/C44H84O/c1-7-32-43(5,8-2)44(36-45-6)33-21-15-16-24-37(3)35-38(4)42(41-27-19-13-10-14-20-28-41)31-22-29-40(30-23-34-44)39-25-17-11-9-12-18-26-39/h37-42H,7-36H2,1-6H3. The summed E-state index contributed by atoms with van der Waals surface area (Å²) in [6.07, 6.45) is 42.5. The summed E-state index contributed by atoms with van der Waals surface area (Å²) >= 11 is 0. The summed E-state index contributed by atoms with van der Waals surface area (Å²) in [4.78, 5) is 0. The first-order valence-corrected chi connectivity index (χ1v) is 21.4. The van der Waals surface area contributed by atoms with E-state index in [1.807, 2.05) is 7.11 Å². The molecule has 3 rings (SSSR count). The summed E-state index contributed by atoms with van der Waals surface area (Å²) in [6.45, 7) is 13.8. The molecule has 6 unspecified atom stereocenters. The molecule has 3 aliphatic rings. The molecule has 0 amide bonds. The fourth-order valence-electron chi connectivity index (χ4n) is 11.5. The molecule has 0 N–H and O–H groups in total. The van der Waals surface area contributed by atoms with Crippen molar-refractivity contribution in [3.8, 4) is 0 Å². The second kappa shape index (κ2) is 21.8. The first-order chi connectivity index (χ1) is 21.9. The third kappa shape index (κ3) is 12.7. The fraction of sp³-hybridized carbons (Fsp3) is 1.00. The van der Waals surface area contributed by atoms with Crippen molar-refractivity contribution in [3.63, 3.8) is 0 Å². The van der Waals surface area contributed by atoms with E-state index in [0.717, 1.165) is 42.1 Å². The highest BCUT2D eigenvalue weighted by molar-refractivity contribution is 4.95. The number of rotatable bonds is 8. The Labute approximate surface area is 285 Å². The van der Waals surface area contributed by atoms with E-state index in [4.69, 9.17) is 4.74 Å². The van der Waals surface area contributed by atoms with Crippen LogP contribution in [0.2, 0.25) is 0 Å². The molecule has 0 saturated heterocycles. The Morgan fingerprint density at radius 1 is 0.578 bits per heavy atom. The van der Waals surface area contributed by atoms with E-state index in [1.165, 1.54) is 186 Å². The lowest BCUT2D eigenvalue weighted by molar-refractivity contribution is -0.0524. The Kier molecular flexibility index (Phi) is 19.1. The zero-order chi connectivity index (χ0) is 32.4. The van der Waals surface area contributed by atoms with E-state index in [2.05, 4.69) is 34.6 Å². The van der Waals surface area contributed by atoms with Gasteiger partial charge < -0.3 is 4.74 Å². The van der Waals surface area contributed by atoms with Gasteiger partial charge in [-0.3, -0.25) is 0 Å². The predicted octanol–water partition coefficient (Wildman–Crippen LogP) is 14.8. The molecular weight excluding hydrogens is 544 g/mol. The maximum Gasteiger partial charge on any atom is 0.0523 e. The van der Waals surface area contributed by atoms with Gasteiger partial charge in [0.2, 0.25) is 0 Å². The number of methoxy groups -OCH3 is 1. The molecule has 0 spiro atoms. The largest absolute Gasteiger partial charge is 0.384 e. The summed E-state index contributed by atoms with van der Waals surface area (Å²) in [7, 11) is 2.00. The number of hydrogen-bond donors (Lipinski definition) is 0. The molecule has 3 aliphatic carbocycles. The van der Waals surface area contributed by atoms with Crippen LogP contribution in [-0.2, 0) is 4.74 Å². The Hall–Kier alpha value is -0.0400. The summed E-state index contributed by atoms with van der Waals surface area (Å²) < 4.78 is 6.19. The summed E-state index contributed by atoms with van der Waals surface area (Å²) in [5, 5.41) is 0. The maximum absolute atomic E-state index is 6.19. The van der Waals surface area contributed by atoms with Crippen LogP contribution >= 0.6 is 0 Å². The normalized spacial score (nSPS) is 34.0. The van der Waals surface area contributed by atoms with E-state index >= 15 is 0 Å². The van der Waals surface area contributed by atoms with Gasteiger partial charge in [0.15, 0.2) is 0 Å². The van der Waals surface area contributed by atoms with Gasteiger partial charge in [0.1, 0.15) is 0 Å². The van der Waals surface area contributed by atoms with Crippen LogP contribution in [0, 0.1) is 46.3 Å². The van der Waals surface area contributed by atoms with Gasteiger partial charge in [0.05, 0.1) is 6.61 Å². The highest BCUT2D eigenvalue weighted by Gasteiger charge is 2.45. The van der Waals surface area contributed by atoms with Gasteiger partial charge in [0, 0.05) is 7.11 Å². The molecule has 1 heteroatoms. The Morgan fingerprint density at radius 3 is 1.64 bits per heavy atom. The van der Waals surface area contributed by atoms with E-state index < -0.39 is 0 Å². The summed E-state index contributed by atoms with van der Waals surface area (Å²) in [5.41, 5.74) is 0.735. The van der Waals surface area contributed by atoms with Crippen LogP contribution in [0.5, 0.6) is 0 Å². The molecule has 0 radical (unpaired) electrons. The second-order valence-electron chi connectivity index (χ2n) is 17.8. The molecule has 45 heavy (non-hydrogen) atoms. The van der Waals surface area contributed by atoms with Gasteiger partial charge in [-0.15, -0.1) is 0 Å². The van der Waals surface area contributed by atoms with Crippen molar-refractivity contribution in [1.29, 1.82) is 0 Å². The maximum atomic E-state index is 6.19. The first-order valence-electron chi connectivity index (χ1n) is 21.4. The fourth-order valence-corrected chi connectivity index (χ4v) is 11.5. The Bertz CT molecular complexity index is 714. The van der Waals surface area contributed by atoms with Crippen LogP contribution < -0.4 is 0 Å². The van der Waals surface area contributed by atoms with E-state index in [1.54, 1.807) is 0 Å². The molecule has 0 bridgehead atoms.